The quantitative estimate of drug-likeness (QED) is 0.504. The van der Waals surface area contributed by atoms with E-state index in [1.807, 2.05) is 0 Å². The molecule has 0 atom stereocenters. The lowest BCUT2D eigenvalue weighted by atomic mass is 10.4. The molecule has 0 aliphatic carbocycles. The Balaban J connectivity index is 3.88. The van der Waals surface area contributed by atoms with E-state index in [0.29, 0.717) is 0 Å². The lowest BCUT2D eigenvalue weighted by Crippen LogP contribution is -2.22. The van der Waals surface area contributed by atoms with E-state index < -0.39 is 18.8 Å². The van der Waals surface area contributed by atoms with Crippen molar-refractivity contribution in [2.24, 2.45) is 0 Å². The molecule has 0 aromatic carbocycles. The first-order chi connectivity index (χ1) is 3.85. The maximum absolute atomic E-state index is 11.1. The van der Waals surface area contributed by atoms with Crippen LogP contribution in [-0.4, -0.2) is 12.6 Å². The third kappa shape index (κ3) is 2.57. The van der Waals surface area contributed by atoms with Gasteiger partial charge in [0.25, 0.3) is 6.43 Å². The number of rotatable bonds is 1. The van der Waals surface area contributed by atoms with Gasteiger partial charge in [-0.25, -0.2) is 13.2 Å². The van der Waals surface area contributed by atoms with Crippen LogP contribution in [0.3, 0.4) is 0 Å². The first kappa shape index (κ1) is 8.58. The van der Waals surface area contributed by atoms with Gasteiger partial charge in [0.2, 0.25) is 0 Å². The van der Waals surface area contributed by atoms with Gasteiger partial charge >= 0.3 is 12.3 Å². The van der Waals surface area contributed by atoms with Crippen LogP contribution in [0.1, 0.15) is 0 Å². The molecule has 0 bridgehead atoms. The zero-order chi connectivity index (χ0) is 7.65. The van der Waals surface area contributed by atoms with Crippen LogP contribution in [0.2, 0.25) is 0 Å². The Morgan fingerprint density at radius 1 is 1.11 bits per heavy atom. The van der Waals surface area contributed by atoms with Crippen molar-refractivity contribution in [3.63, 3.8) is 0 Å². The van der Waals surface area contributed by atoms with E-state index >= 15 is 0 Å². The van der Waals surface area contributed by atoms with Crippen molar-refractivity contribution >= 4 is 0 Å². The predicted octanol–water partition coefficient (Wildman–Crippen LogP) is 2.32. The Labute approximate surface area is 46.5 Å². The van der Waals surface area contributed by atoms with Crippen LogP contribution in [0.5, 0.6) is 0 Å². The fraction of sp³-hybridized carbons (Fsp3) is 0.667. The summed E-state index contributed by atoms with van der Waals surface area (Å²) in [5.74, 6) is 0. The zero-order valence-electron chi connectivity index (χ0n) is 3.85. The molecular weight excluding hydrogens is 150 g/mol. The number of halogens is 6. The van der Waals surface area contributed by atoms with Gasteiger partial charge < -0.3 is 0 Å². The van der Waals surface area contributed by atoms with E-state index in [0.717, 1.165) is 0 Å². The maximum atomic E-state index is 11.1. The zero-order valence-corrected chi connectivity index (χ0v) is 3.85. The Bertz CT molecular complexity index is 82.8. The average Bonchev–Trinajstić information content (AvgIpc) is 1.62. The molecule has 1 radical (unpaired) electrons. The molecule has 0 rings (SSSR count). The van der Waals surface area contributed by atoms with Gasteiger partial charge in [0.1, 0.15) is 0 Å². The van der Waals surface area contributed by atoms with E-state index in [4.69, 9.17) is 0 Å². The molecule has 55 valence electrons. The normalized spacial score (nSPS) is 13.3. The third-order valence-corrected chi connectivity index (χ3v) is 0.462. The van der Waals surface area contributed by atoms with Gasteiger partial charge in [-0.05, 0) is 0 Å². The monoisotopic (exact) mass is 151 g/mol. The molecule has 0 saturated heterocycles. The van der Waals surface area contributed by atoms with Gasteiger partial charge in [0.15, 0.2) is 0 Å². The largest absolute Gasteiger partial charge is 0.432 e. The number of hydrogen-bond acceptors (Lipinski definition) is 0. The summed E-state index contributed by atoms with van der Waals surface area (Å²) < 4.78 is 65.1. The van der Waals surface area contributed by atoms with Gasteiger partial charge in [-0.15, -0.1) is 0 Å². The SMILES string of the molecule is F[C](C(F)F)C(F)(F)F. The summed E-state index contributed by atoms with van der Waals surface area (Å²) in [6.07, 6.45) is -12.8. The van der Waals surface area contributed by atoms with Crippen molar-refractivity contribution in [3.8, 4) is 0 Å². The second-order valence-corrected chi connectivity index (χ2v) is 1.15. The molecule has 0 spiro atoms. The molecule has 0 saturated carbocycles. The fourth-order valence-electron chi connectivity index (χ4n) is 0.124. The van der Waals surface area contributed by atoms with Crippen molar-refractivity contribution in [2.45, 2.75) is 12.6 Å². The molecule has 0 aliphatic rings. The number of hydrogen-bond donors (Lipinski definition) is 0. The smallest absolute Gasteiger partial charge is 0.223 e. The Morgan fingerprint density at radius 3 is 1.44 bits per heavy atom. The summed E-state index contributed by atoms with van der Waals surface area (Å²) in [6.45, 7) is 0. The molecule has 0 heterocycles. The van der Waals surface area contributed by atoms with Gasteiger partial charge in [0.05, 0.1) is 0 Å². The van der Waals surface area contributed by atoms with Crippen molar-refractivity contribution < 1.29 is 26.3 Å². The second kappa shape index (κ2) is 2.45. The van der Waals surface area contributed by atoms with Gasteiger partial charge in [-0.2, -0.15) is 13.2 Å². The minimum absolute atomic E-state index is 3.25. The molecule has 0 fully saturated rings. The summed E-state index contributed by atoms with van der Waals surface area (Å²) >= 11 is 0. The van der Waals surface area contributed by atoms with Gasteiger partial charge in [-0.3, -0.25) is 0 Å². The lowest BCUT2D eigenvalue weighted by Gasteiger charge is -2.07. The van der Waals surface area contributed by atoms with Crippen LogP contribution in [0.15, 0.2) is 0 Å². The molecule has 6 heteroatoms. The predicted molar refractivity (Wildman–Crippen MR) is 16.4 cm³/mol. The molecule has 0 amide bonds. The highest BCUT2D eigenvalue weighted by Gasteiger charge is 2.48. The van der Waals surface area contributed by atoms with Crippen molar-refractivity contribution in [2.75, 3.05) is 0 Å². The summed E-state index contributed by atoms with van der Waals surface area (Å²) in [6, 6.07) is 0. The van der Waals surface area contributed by atoms with Crippen molar-refractivity contribution in [1.29, 1.82) is 0 Å². The van der Waals surface area contributed by atoms with Crippen LogP contribution >= 0.6 is 0 Å². The average molecular weight is 151 g/mol. The lowest BCUT2D eigenvalue weighted by molar-refractivity contribution is -0.162. The molecule has 0 N–H and O–H groups in total. The molecule has 0 aromatic rings. The molecule has 0 unspecified atom stereocenters. The summed E-state index contributed by atoms with van der Waals surface area (Å²) in [4.78, 5) is 0. The van der Waals surface area contributed by atoms with Crippen LogP contribution in [0, 0.1) is 6.17 Å². The van der Waals surface area contributed by atoms with E-state index in [2.05, 4.69) is 0 Å². The van der Waals surface area contributed by atoms with E-state index in [1.165, 1.54) is 0 Å². The first-order valence-electron chi connectivity index (χ1n) is 1.73. The van der Waals surface area contributed by atoms with Crippen molar-refractivity contribution in [3.05, 3.63) is 6.17 Å². The summed E-state index contributed by atoms with van der Waals surface area (Å²) in [5.41, 5.74) is 0. The standard InChI is InChI=1S/C3HF6/c4-1(2(5)6)3(7,8)9/h2H. The molecule has 9 heavy (non-hydrogen) atoms. The molecule has 0 nitrogen and oxygen atoms in total. The first-order valence-corrected chi connectivity index (χ1v) is 1.73. The second-order valence-electron chi connectivity index (χ2n) is 1.15. The summed E-state index contributed by atoms with van der Waals surface area (Å²) in [5, 5.41) is 0. The van der Waals surface area contributed by atoms with Crippen LogP contribution in [-0.2, 0) is 0 Å². The van der Waals surface area contributed by atoms with Gasteiger partial charge in [0, 0.05) is 0 Å². The highest BCUT2D eigenvalue weighted by molar-refractivity contribution is 4.88. The van der Waals surface area contributed by atoms with Gasteiger partial charge in [-0.1, -0.05) is 0 Å². The van der Waals surface area contributed by atoms with Crippen LogP contribution in [0.4, 0.5) is 26.3 Å². The minimum Gasteiger partial charge on any atom is -0.223 e. The third-order valence-electron chi connectivity index (χ3n) is 0.462. The minimum atomic E-state index is -5.52. The Hall–Kier alpha value is -0.420. The van der Waals surface area contributed by atoms with E-state index in [-0.39, 0.29) is 0 Å². The number of alkyl halides is 5. The summed E-state index contributed by atoms with van der Waals surface area (Å²) in [7, 11) is 0. The van der Waals surface area contributed by atoms with E-state index in [1.54, 1.807) is 0 Å². The highest BCUT2D eigenvalue weighted by atomic mass is 19.4. The molecule has 0 aromatic heterocycles. The molecule has 0 aliphatic heterocycles. The maximum Gasteiger partial charge on any atom is 0.432 e. The topological polar surface area (TPSA) is 0 Å². The highest BCUT2D eigenvalue weighted by Crippen LogP contribution is 2.33. The Morgan fingerprint density at radius 2 is 1.44 bits per heavy atom. The van der Waals surface area contributed by atoms with Crippen molar-refractivity contribution in [1.82, 2.24) is 0 Å². The Kier molecular flexibility index (Phi) is 2.33. The fourth-order valence-corrected chi connectivity index (χ4v) is 0.124. The van der Waals surface area contributed by atoms with Crippen LogP contribution < -0.4 is 0 Å². The van der Waals surface area contributed by atoms with Crippen LogP contribution in [0.25, 0.3) is 0 Å². The van der Waals surface area contributed by atoms with E-state index in [9.17, 15) is 26.3 Å². The molecular formula is C3HF6.